The number of halogens is 1. The zero-order valence-corrected chi connectivity index (χ0v) is 16.6. The van der Waals surface area contributed by atoms with Crippen LogP contribution in [0, 0.1) is 5.82 Å². The van der Waals surface area contributed by atoms with E-state index in [9.17, 15) is 14.0 Å². The van der Waals surface area contributed by atoms with Gasteiger partial charge in [0.15, 0.2) is 0 Å². The predicted molar refractivity (Wildman–Crippen MR) is 116 cm³/mol. The van der Waals surface area contributed by atoms with Crippen LogP contribution in [0.4, 0.5) is 10.1 Å². The summed E-state index contributed by atoms with van der Waals surface area (Å²) in [5.74, 6) is -0.215. The first-order valence-corrected chi connectivity index (χ1v) is 9.75. The van der Waals surface area contributed by atoms with E-state index in [2.05, 4.69) is 15.4 Å². The van der Waals surface area contributed by atoms with E-state index in [4.69, 9.17) is 4.74 Å². The van der Waals surface area contributed by atoms with E-state index in [1.54, 1.807) is 36.4 Å². The Kier molecular flexibility index (Phi) is 4.83. The maximum Gasteiger partial charge on any atom is 0.351 e. The standard InChI is InChI=1S/C23H16FN5O3/c24-15-10-12-16(13-11-15)25-20(30)14-28-23(31)29-19-9-5-4-8-18(19)26-22(21(29)27-28)32-17-6-2-1-3-7-17/h1-13H,14H2,(H,25,30). The molecule has 158 valence electrons. The fourth-order valence-corrected chi connectivity index (χ4v) is 3.31. The highest BCUT2D eigenvalue weighted by Crippen LogP contribution is 2.25. The van der Waals surface area contributed by atoms with Gasteiger partial charge in [0.1, 0.15) is 18.1 Å². The number of benzene rings is 3. The second kappa shape index (κ2) is 7.95. The third-order valence-corrected chi connectivity index (χ3v) is 4.75. The van der Waals surface area contributed by atoms with E-state index in [-0.39, 0.29) is 18.1 Å². The lowest BCUT2D eigenvalue weighted by molar-refractivity contribution is -0.117. The Hall–Kier alpha value is -4.53. The number of anilines is 1. The first kappa shape index (κ1) is 19.4. The Morgan fingerprint density at radius 3 is 2.47 bits per heavy atom. The minimum atomic E-state index is -0.509. The maximum absolute atomic E-state index is 13.1. The van der Waals surface area contributed by atoms with Crippen molar-refractivity contribution in [2.24, 2.45) is 0 Å². The topological polar surface area (TPSA) is 90.5 Å². The van der Waals surface area contributed by atoms with E-state index < -0.39 is 17.4 Å². The first-order valence-electron chi connectivity index (χ1n) is 9.75. The molecule has 2 heterocycles. The molecule has 0 saturated heterocycles. The van der Waals surface area contributed by atoms with E-state index in [0.717, 1.165) is 4.68 Å². The van der Waals surface area contributed by atoms with Crippen molar-refractivity contribution in [2.45, 2.75) is 6.54 Å². The number of rotatable bonds is 5. The molecule has 0 atom stereocenters. The molecule has 5 aromatic rings. The van der Waals surface area contributed by atoms with Crippen molar-refractivity contribution in [1.82, 2.24) is 19.2 Å². The quantitative estimate of drug-likeness (QED) is 0.461. The third kappa shape index (κ3) is 3.67. The van der Waals surface area contributed by atoms with Crippen molar-refractivity contribution >= 4 is 28.3 Å². The Morgan fingerprint density at radius 1 is 0.969 bits per heavy atom. The zero-order valence-electron chi connectivity index (χ0n) is 16.6. The summed E-state index contributed by atoms with van der Waals surface area (Å²) in [5, 5.41) is 6.93. The van der Waals surface area contributed by atoms with Gasteiger partial charge in [0.2, 0.25) is 11.6 Å². The minimum absolute atomic E-state index is 0.143. The Balaban J connectivity index is 1.55. The summed E-state index contributed by atoms with van der Waals surface area (Å²) in [6.45, 7) is -0.336. The molecule has 0 bridgehead atoms. The summed E-state index contributed by atoms with van der Waals surface area (Å²) in [5.41, 5.74) is 1.17. The molecule has 0 radical (unpaired) electrons. The number of hydrogen-bond acceptors (Lipinski definition) is 5. The third-order valence-electron chi connectivity index (χ3n) is 4.75. The van der Waals surface area contributed by atoms with Crippen LogP contribution in [0.3, 0.4) is 0 Å². The van der Waals surface area contributed by atoms with Crippen LogP contribution in [-0.2, 0) is 11.3 Å². The second-order valence-corrected chi connectivity index (χ2v) is 6.98. The van der Waals surface area contributed by atoms with Crippen LogP contribution in [0.1, 0.15) is 0 Å². The fraction of sp³-hybridized carbons (Fsp3) is 0.0435. The lowest BCUT2D eigenvalue weighted by Gasteiger charge is -2.07. The highest BCUT2D eigenvalue weighted by molar-refractivity contribution is 5.90. The average molecular weight is 429 g/mol. The van der Waals surface area contributed by atoms with E-state index in [1.165, 1.54) is 28.7 Å². The molecule has 0 aliphatic carbocycles. The molecule has 3 aromatic carbocycles. The van der Waals surface area contributed by atoms with Crippen LogP contribution < -0.4 is 15.7 Å². The summed E-state index contributed by atoms with van der Waals surface area (Å²) in [4.78, 5) is 30.1. The SMILES string of the molecule is O=C(Cn1nc2c(Oc3ccccc3)nc3ccccc3n2c1=O)Nc1ccc(F)cc1. The molecule has 8 nitrogen and oxygen atoms in total. The zero-order chi connectivity index (χ0) is 22.1. The summed E-state index contributed by atoms with van der Waals surface area (Å²) >= 11 is 0. The van der Waals surface area contributed by atoms with Crippen molar-refractivity contribution in [3.8, 4) is 11.6 Å². The minimum Gasteiger partial charge on any atom is -0.436 e. The molecule has 32 heavy (non-hydrogen) atoms. The molecule has 0 aliphatic heterocycles. The Labute approximate surface area is 180 Å². The van der Waals surface area contributed by atoms with Crippen molar-refractivity contribution in [1.29, 1.82) is 0 Å². The number of nitrogens with one attached hydrogen (secondary N) is 1. The molecule has 0 saturated carbocycles. The van der Waals surface area contributed by atoms with E-state index in [0.29, 0.717) is 22.5 Å². The number of nitrogens with zero attached hydrogens (tertiary/aromatic N) is 4. The van der Waals surface area contributed by atoms with E-state index >= 15 is 0 Å². The number of ether oxygens (including phenoxy) is 1. The molecule has 0 unspecified atom stereocenters. The summed E-state index contributed by atoms with van der Waals surface area (Å²) < 4.78 is 21.4. The molecule has 0 aliphatic rings. The summed E-state index contributed by atoms with van der Waals surface area (Å²) in [6, 6.07) is 21.4. The van der Waals surface area contributed by atoms with Gasteiger partial charge in [-0.25, -0.2) is 23.3 Å². The number of carbonyl (C=O) groups excluding carboxylic acids is 1. The largest absolute Gasteiger partial charge is 0.436 e. The Morgan fingerprint density at radius 2 is 1.69 bits per heavy atom. The second-order valence-electron chi connectivity index (χ2n) is 6.98. The maximum atomic E-state index is 13.1. The number of aromatic nitrogens is 4. The van der Waals surface area contributed by atoms with Crippen molar-refractivity contribution in [3.63, 3.8) is 0 Å². The molecule has 2 aromatic heterocycles. The van der Waals surface area contributed by atoms with Crippen LogP contribution >= 0.6 is 0 Å². The summed E-state index contributed by atoms with van der Waals surface area (Å²) in [6.07, 6.45) is 0. The van der Waals surface area contributed by atoms with Gasteiger partial charge in [-0.3, -0.25) is 4.79 Å². The van der Waals surface area contributed by atoms with Gasteiger partial charge in [-0.05, 0) is 48.5 Å². The molecule has 0 spiro atoms. The van der Waals surface area contributed by atoms with Gasteiger partial charge in [0, 0.05) is 5.69 Å². The van der Waals surface area contributed by atoms with Gasteiger partial charge in [-0.1, -0.05) is 30.3 Å². The molecule has 1 N–H and O–H groups in total. The van der Waals surface area contributed by atoms with Gasteiger partial charge in [-0.2, -0.15) is 0 Å². The molecule has 1 amide bonds. The first-order chi connectivity index (χ1) is 15.6. The molecule has 5 rings (SSSR count). The smallest absolute Gasteiger partial charge is 0.351 e. The van der Waals surface area contributed by atoms with Crippen molar-refractivity contribution < 1.29 is 13.9 Å². The number of carbonyl (C=O) groups is 1. The van der Waals surface area contributed by atoms with Crippen LogP contribution in [0.2, 0.25) is 0 Å². The molecule has 0 fully saturated rings. The van der Waals surface area contributed by atoms with Gasteiger partial charge in [0.05, 0.1) is 11.0 Å². The number of amides is 1. The lowest BCUT2D eigenvalue weighted by atomic mass is 10.3. The number of fused-ring (bicyclic) bond motifs is 3. The lowest BCUT2D eigenvalue weighted by Crippen LogP contribution is -2.28. The van der Waals surface area contributed by atoms with Crippen LogP contribution in [0.25, 0.3) is 16.7 Å². The number of para-hydroxylation sites is 3. The van der Waals surface area contributed by atoms with E-state index in [1.807, 2.05) is 18.2 Å². The highest BCUT2D eigenvalue weighted by Gasteiger charge is 2.19. The molecule has 9 heteroatoms. The van der Waals surface area contributed by atoms with Gasteiger partial charge in [0.25, 0.3) is 5.88 Å². The monoisotopic (exact) mass is 429 g/mol. The number of hydrogen-bond donors (Lipinski definition) is 1. The highest BCUT2D eigenvalue weighted by atomic mass is 19.1. The van der Waals surface area contributed by atoms with Crippen LogP contribution in [0.5, 0.6) is 11.6 Å². The summed E-state index contributed by atoms with van der Waals surface area (Å²) in [7, 11) is 0. The Bertz CT molecular complexity index is 1490. The van der Waals surface area contributed by atoms with Gasteiger partial charge < -0.3 is 10.1 Å². The predicted octanol–water partition coefficient (Wildman–Crippen LogP) is 3.61. The molecular weight excluding hydrogens is 413 g/mol. The average Bonchev–Trinajstić information content (AvgIpc) is 3.13. The van der Waals surface area contributed by atoms with Crippen LogP contribution in [-0.4, -0.2) is 25.1 Å². The molecular formula is C23H16FN5O3. The fourth-order valence-electron chi connectivity index (χ4n) is 3.31. The van der Waals surface area contributed by atoms with Gasteiger partial charge in [-0.15, -0.1) is 5.10 Å². The van der Waals surface area contributed by atoms with Crippen molar-refractivity contribution in [3.05, 3.63) is 95.2 Å². The van der Waals surface area contributed by atoms with Crippen molar-refractivity contribution in [2.75, 3.05) is 5.32 Å². The van der Waals surface area contributed by atoms with Crippen LogP contribution in [0.15, 0.2) is 83.7 Å². The normalized spacial score (nSPS) is 11.0. The van der Waals surface area contributed by atoms with Gasteiger partial charge >= 0.3 is 5.69 Å².